The van der Waals surface area contributed by atoms with E-state index in [1.54, 1.807) is 11.1 Å². The average molecular weight is 353 g/mol. The highest BCUT2D eigenvalue weighted by Gasteiger charge is 2.46. The number of carbonyl (C=O) groups excluding carboxylic acids is 2. The number of ether oxygens (including phenoxy) is 2. The van der Waals surface area contributed by atoms with Crippen LogP contribution >= 0.6 is 0 Å². The third-order valence-corrected chi connectivity index (χ3v) is 4.62. The Bertz CT molecular complexity index is 883. The van der Waals surface area contributed by atoms with E-state index in [1.165, 1.54) is 6.92 Å². The molecule has 0 spiro atoms. The minimum Gasteiger partial charge on any atom is -0.489 e. The summed E-state index contributed by atoms with van der Waals surface area (Å²) in [4.78, 5) is 29.3. The lowest BCUT2D eigenvalue weighted by Crippen LogP contribution is -2.47. The number of nitrogens with zero attached hydrogens (tertiary/aromatic N) is 2. The van der Waals surface area contributed by atoms with E-state index in [9.17, 15) is 9.59 Å². The van der Waals surface area contributed by atoms with Gasteiger partial charge in [-0.15, -0.1) is 0 Å². The number of anilines is 1. The molecule has 0 unspecified atom stereocenters. The van der Waals surface area contributed by atoms with Crippen LogP contribution in [-0.4, -0.2) is 42.3 Å². The first-order valence-corrected chi connectivity index (χ1v) is 8.47. The predicted octanol–water partition coefficient (Wildman–Crippen LogP) is 2.28. The van der Waals surface area contributed by atoms with Crippen molar-refractivity contribution >= 4 is 17.7 Å². The zero-order valence-corrected chi connectivity index (χ0v) is 14.6. The number of rotatable bonds is 3. The first kappa shape index (κ1) is 16.4. The SMILES string of the molecule is CC(=O)NC[C@@H]1OC(=O)N2c3ccc(-c4ccnc(C)c4)cc3OC[C@@H]12. The smallest absolute Gasteiger partial charge is 0.415 e. The minimum absolute atomic E-state index is 0.158. The third-order valence-electron chi connectivity index (χ3n) is 4.62. The lowest BCUT2D eigenvalue weighted by Gasteiger charge is -2.31. The zero-order chi connectivity index (χ0) is 18.3. The van der Waals surface area contributed by atoms with Gasteiger partial charge in [-0.3, -0.25) is 14.7 Å². The zero-order valence-electron chi connectivity index (χ0n) is 14.6. The monoisotopic (exact) mass is 353 g/mol. The van der Waals surface area contributed by atoms with Crippen LogP contribution in [0.15, 0.2) is 36.5 Å². The molecule has 1 saturated heterocycles. The van der Waals surface area contributed by atoms with Gasteiger partial charge < -0.3 is 14.8 Å². The van der Waals surface area contributed by atoms with E-state index in [4.69, 9.17) is 9.47 Å². The van der Waals surface area contributed by atoms with E-state index in [0.29, 0.717) is 18.0 Å². The molecule has 3 heterocycles. The normalized spacial score (nSPS) is 20.7. The molecule has 2 aliphatic heterocycles. The summed E-state index contributed by atoms with van der Waals surface area (Å²) in [6.07, 6.45) is 0.926. The number of hydrogen-bond donors (Lipinski definition) is 1. The van der Waals surface area contributed by atoms with E-state index >= 15 is 0 Å². The van der Waals surface area contributed by atoms with E-state index in [-0.39, 0.29) is 18.5 Å². The van der Waals surface area contributed by atoms with Crippen molar-refractivity contribution in [3.63, 3.8) is 0 Å². The second-order valence-corrected chi connectivity index (χ2v) is 6.48. The van der Waals surface area contributed by atoms with Crippen molar-refractivity contribution in [1.82, 2.24) is 10.3 Å². The molecule has 0 aliphatic carbocycles. The van der Waals surface area contributed by atoms with Gasteiger partial charge in [0.05, 0.1) is 12.2 Å². The average Bonchev–Trinajstić information content (AvgIpc) is 2.96. The highest BCUT2D eigenvalue weighted by Crippen LogP contribution is 2.40. The maximum atomic E-state index is 12.4. The summed E-state index contributed by atoms with van der Waals surface area (Å²) in [6, 6.07) is 9.43. The Labute approximate surface area is 150 Å². The van der Waals surface area contributed by atoms with Crippen molar-refractivity contribution in [1.29, 1.82) is 0 Å². The van der Waals surface area contributed by atoms with Crippen LogP contribution in [0.1, 0.15) is 12.6 Å². The van der Waals surface area contributed by atoms with Crippen molar-refractivity contribution in [2.45, 2.75) is 26.0 Å². The van der Waals surface area contributed by atoms with E-state index in [0.717, 1.165) is 16.8 Å². The Balaban J connectivity index is 1.62. The molecule has 1 N–H and O–H groups in total. The van der Waals surface area contributed by atoms with Crippen LogP contribution in [0.2, 0.25) is 0 Å². The summed E-state index contributed by atoms with van der Waals surface area (Å²) in [5.74, 6) is 0.485. The molecule has 1 aromatic heterocycles. The lowest BCUT2D eigenvalue weighted by molar-refractivity contribution is -0.119. The summed E-state index contributed by atoms with van der Waals surface area (Å²) in [5.41, 5.74) is 3.66. The topological polar surface area (TPSA) is 80.8 Å². The van der Waals surface area contributed by atoms with Gasteiger partial charge in [0.25, 0.3) is 0 Å². The fourth-order valence-corrected chi connectivity index (χ4v) is 3.36. The largest absolute Gasteiger partial charge is 0.489 e. The maximum absolute atomic E-state index is 12.4. The summed E-state index contributed by atoms with van der Waals surface area (Å²) >= 11 is 0. The molecule has 2 aromatic rings. The van der Waals surface area contributed by atoms with Crippen LogP contribution in [0.5, 0.6) is 5.75 Å². The Morgan fingerprint density at radius 1 is 1.31 bits per heavy atom. The van der Waals surface area contributed by atoms with Crippen molar-refractivity contribution < 1.29 is 19.1 Å². The Kier molecular flexibility index (Phi) is 3.99. The predicted molar refractivity (Wildman–Crippen MR) is 95.1 cm³/mol. The van der Waals surface area contributed by atoms with Gasteiger partial charge in [-0.1, -0.05) is 6.07 Å². The number of cyclic esters (lactones) is 1. The van der Waals surface area contributed by atoms with E-state index in [2.05, 4.69) is 10.3 Å². The Morgan fingerprint density at radius 3 is 2.88 bits per heavy atom. The van der Waals surface area contributed by atoms with Gasteiger partial charge in [0.1, 0.15) is 24.5 Å². The number of pyridine rings is 1. The Hall–Kier alpha value is -3.09. The van der Waals surface area contributed by atoms with Crippen molar-refractivity contribution in [3.05, 3.63) is 42.2 Å². The molecule has 7 nitrogen and oxygen atoms in total. The van der Waals surface area contributed by atoms with Crippen molar-refractivity contribution in [3.8, 4) is 16.9 Å². The highest BCUT2D eigenvalue weighted by molar-refractivity contribution is 5.94. The van der Waals surface area contributed by atoms with Gasteiger partial charge in [0.2, 0.25) is 5.91 Å². The summed E-state index contributed by atoms with van der Waals surface area (Å²) in [6.45, 7) is 3.97. The van der Waals surface area contributed by atoms with Crippen LogP contribution in [0, 0.1) is 6.92 Å². The molecule has 7 heteroatoms. The molecule has 134 valence electrons. The lowest BCUT2D eigenvalue weighted by atomic mass is 10.0. The molecule has 2 aliphatic rings. The van der Waals surface area contributed by atoms with Crippen LogP contribution in [0.4, 0.5) is 10.5 Å². The molecular weight excluding hydrogens is 334 g/mol. The highest BCUT2D eigenvalue weighted by atomic mass is 16.6. The van der Waals surface area contributed by atoms with Gasteiger partial charge in [-0.25, -0.2) is 4.79 Å². The molecule has 2 amide bonds. The molecule has 2 atom stereocenters. The van der Waals surface area contributed by atoms with E-state index in [1.807, 2.05) is 37.3 Å². The number of benzene rings is 1. The second kappa shape index (κ2) is 6.33. The third kappa shape index (κ3) is 2.85. The van der Waals surface area contributed by atoms with Gasteiger partial charge in [-0.2, -0.15) is 0 Å². The standard InChI is InChI=1S/C19H19N3O4/c1-11-7-14(5-6-20-11)13-3-4-15-17(8-13)25-10-16-18(9-21-12(2)23)26-19(24)22(15)16/h3-8,16,18H,9-10H2,1-2H3,(H,21,23)/t16-,18-/m0/s1. The molecule has 0 saturated carbocycles. The molecule has 26 heavy (non-hydrogen) atoms. The second-order valence-electron chi connectivity index (χ2n) is 6.48. The fourth-order valence-electron chi connectivity index (χ4n) is 3.36. The van der Waals surface area contributed by atoms with Gasteiger partial charge in [0.15, 0.2) is 0 Å². The number of amides is 2. The quantitative estimate of drug-likeness (QED) is 0.916. The number of fused-ring (bicyclic) bond motifs is 3. The first-order valence-electron chi connectivity index (χ1n) is 8.47. The molecule has 4 rings (SSSR count). The van der Waals surface area contributed by atoms with Gasteiger partial charge in [0, 0.05) is 18.8 Å². The molecule has 0 radical (unpaired) electrons. The molecular formula is C19H19N3O4. The number of carbonyl (C=O) groups is 2. The molecule has 0 bridgehead atoms. The van der Waals surface area contributed by atoms with Crippen LogP contribution in [0.3, 0.4) is 0 Å². The number of aromatic nitrogens is 1. The number of nitrogens with one attached hydrogen (secondary N) is 1. The molecule has 1 fully saturated rings. The number of hydrogen-bond acceptors (Lipinski definition) is 5. The Morgan fingerprint density at radius 2 is 2.12 bits per heavy atom. The summed E-state index contributed by atoms with van der Waals surface area (Å²) in [5, 5.41) is 2.70. The first-order chi connectivity index (χ1) is 12.5. The minimum atomic E-state index is -0.429. The number of aryl methyl sites for hydroxylation is 1. The summed E-state index contributed by atoms with van der Waals surface area (Å²) in [7, 11) is 0. The van der Waals surface area contributed by atoms with Crippen molar-refractivity contribution in [2.24, 2.45) is 0 Å². The molecule has 1 aromatic carbocycles. The van der Waals surface area contributed by atoms with Gasteiger partial charge >= 0.3 is 6.09 Å². The van der Waals surface area contributed by atoms with E-state index < -0.39 is 12.2 Å². The van der Waals surface area contributed by atoms with Crippen molar-refractivity contribution in [2.75, 3.05) is 18.1 Å². The van der Waals surface area contributed by atoms with Crippen LogP contribution in [0.25, 0.3) is 11.1 Å². The van der Waals surface area contributed by atoms with Gasteiger partial charge in [-0.05, 0) is 42.3 Å². The van der Waals surface area contributed by atoms with Crippen LogP contribution in [-0.2, 0) is 9.53 Å². The van der Waals surface area contributed by atoms with Crippen LogP contribution < -0.4 is 15.0 Å². The maximum Gasteiger partial charge on any atom is 0.415 e. The fraction of sp³-hybridized carbons (Fsp3) is 0.316. The summed E-state index contributed by atoms with van der Waals surface area (Å²) < 4.78 is 11.3.